The van der Waals surface area contributed by atoms with Gasteiger partial charge >= 0.3 is 0 Å². The molecule has 0 radical (unpaired) electrons. The Kier molecular flexibility index (Phi) is 3.43. The highest BCUT2D eigenvalue weighted by Crippen LogP contribution is 2.10. The van der Waals surface area contributed by atoms with Gasteiger partial charge in [0.1, 0.15) is 0 Å². The Hall–Kier alpha value is -1.41. The monoisotopic (exact) mass is 232 g/mol. The van der Waals surface area contributed by atoms with Crippen molar-refractivity contribution in [2.45, 2.75) is 11.9 Å². The van der Waals surface area contributed by atoms with E-state index in [1.54, 1.807) is 6.92 Å². The summed E-state index contributed by atoms with van der Waals surface area (Å²) in [5, 5.41) is 5.82. The lowest BCUT2D eigenvalue weighted by Gasteiger charge is -2.17. The molecule has 0 saturated carbocycles. The first-order valence-electron chi connectivity index (χ1n) is 4.26. The molecule has 15 heavy (non-hydrogen) atoms. The predicted molar refractivity (Wildman–Crippen MR) is 52.2 cm³/mol. The summed E-state index contributed by atoms with van der Waals surface area (Å²) >= 11 is 0. The van der Waals surface area contributed by atoms with Crippen LogP contribution in [0.5, 0.6) is 0 Å². The Bertz CT molecular complexity index is 425. The molecule has 0 unspecified atom stereocenters. The molecule has 3 N–H and O–H groups in total. The topological polar surface area (TPSA) is 109 Å². The van der Waals surface area contributed by atoms with Gasteiger partial charge in [-0.25, -0.2) is 8.42 Å². The molecule has 1 rings (SSSR count). The fraction of sp³-hybridized carbons (Fsp3) is 0.429. The number of aromatic amines is 1. The summed E-state index contributed by atoms with van der Waals surface area (Å²) in [5.74, 6) is -0.694. The molecule has 0 bridgehead atoms. The van der Waals surface area contributed by atoms with Crippen molar-refractivity contribution < 1.29 is 13.2 Å². The number of hydrogen-bond donors (Lipinski definition) is 2. The summed E-state index contributed by atoms with van der Waals surface area (Å²) in [6, 6.07) is 1.32. The van der Waals surface area contributed by atoms with Gasteiger partial charge in [0, 0.05) is 6.54 Å². The minimum absolute atomic E-state index is 0.0504. The van der Waals surface area contributed by atoms with Crippen LogP contribution in [-0.4, -0.2) is 41.9 Å². The Balaban J connectivity index is 2.98. The molecule has 8 heteroatoms. The van der Waals surface area contributed by atoms with Crippen LogP contribution in [0.4, 0.5) is 0 Å². The average molecular weight is 232 g/mol. The molecule has 7 nitrogen and oxygen atoms in total. The quantitative estimate of drug-likeness (QED) is 0.671. The van der Waals surface area contributed by atoms with Crippen molar-refractivity contribution in [1.82, 2.24) is 14.5 Å². The highest BCUT2D eigenvalue weighted by Gasteiger charge is 2.25. The van der Waals surface area contributed by atoms with Gasteiger partial charge in [-0.2, -0.15) is 9.40 Å². The second-order valence-corrected chi connectivity index (χ2v) is 4.72. The Morgan fingerprint density at radius 1 is 1.67 bits per heavy atom. The Morgan fingerprint density at radius 2 is 2.33 bits per heavy atom. The summed E-state index contributed by atoms with van der Waals surface area (Å²) in [4.78, 5) is 10.7. The minimum Gasteiger partial charge on any atom is -0.369 e. The van der Waals surface area contributed by atoms with E-state index >= 15 is 0 Å². The van der Waals surface area contributed by atoms with Gasteiger partial charge in [0.05, 0.1) is 12.7 Å². The van der Waals surface area contributed by atoms with E-state index in [4.69, 9.17) is 5.73 Å². The van der Waals surface area contributed by atoms with Crippen molar-refractivity contribution in [3.8, 4) is 0 Å². The number of carbonyl (C=O) groups excluding carboxylic acids is 1. The number of nitrogens with two attached hydrogens (primary N) is 1. The predicted octanol–water partition coefficient (Wildman–Crippen LogP) is -1.09. The molecule has 0 aliphatic rings. The molecule has 0 spiro atoms. The molecular formula is C7H12N4O3S. The number of likely N-dealkylation sites (N-methyl/N-ethyl adjacent to an activating group) is 1. The molecule has 0 aliphatic carbocycles. The third-order valence-electron chi connectivity index (χ3n) is 1.78. The summed E-state index contributed by atoms with van der Waals surface area (Å²) in [7, 11) is -3.69. The summed E-state index contributed by atoms with van der Waals surface area (Å²) in [6.45, 7) is 1.46. The molecule has 0 saturated heterocycles. The largest absolute Gasteiger partial charge is 0.369 e. The smallest absolute Gasteiger partial charge is 0.260 e. The highest BCUT2D eigenvalue weighted by atomic mass is 32.2. The van der Waals surface area contributed by atoms with Crippen LogP contribution >= 0.6 is 0 Å². The minimum atomic E-state index is -3.69. The van der Waals surface area contributed by atoms with Crippen molar-refractivity contribution in [2.24, 2.45) is 5.73 Å². The van der Waals surface area contributed by atoms with E-state index in [0.29, 0.717) is 0 Å². The van der Waals surface area contributed by atoms with E-state index in [-0.39, 0.29) is 18.1 Å². The molecule has 1 amide bonds. The lowest BCUT2D eigenvalue weighted by Crippen LogP contribution is -2.38. The zero-order valence-corrected chi connectivity index (χ0v) is 8.99. The van der Waals surface area contributed by atoms with E-state index in [1.807, 2.05) is 0 Å². The van der Waals surface area contributed by atoms with E-state index in [2.05, 4.69) is 10.2 Å². The molecule has 0 fully saturated rings. The van der Waals surface area contributed by atoms with Crippen LogP contribution in [0.25, 0.3) is 0 Å². The first kappa shape index (κ1) is 11.7. The van der Waals surface area contributed by atoms with Crippen molar-refractivity contribution in [3.63, 3.8) is 0 Å². The number of amides is 1. The lowest BCUT2D eigenvalue weighted by molar-refractivity contribution is -0.118. The number of aromatic nitrogens is 2. The van der Waals surface area contributed by atoms with E-state index in [0.717, 1.165) is 4.31 Å². The van der Waals surface area contributed by atoms with Crippen molar-refractivity contribution >= 4 is 15.9 Å². The third kappa shape index (κ3) is 2.54. The summed E-state index contributed by atoms with van der Waals surface area (Å²) in [6.07, 6.45) is 1.32. The number of sulfonamides is 1. The third-order valence-corrected chi connectivity index (χ3v) is 3.63. The summed E-state index contributed by atoms with van der Waals surface area (Å²) in [5.41, 5.74) is 4.95. The number of rotatable bonds is 5. The molecule has 0 aromatic carbocycles. The molecule has 1 heterocycles. The van der Waals surface area contributed by atoms with Gasteiger partial charge in [-0.05, 0) is 6.07 Å². The van der Waals surface area contributed by atoms with Crippen LogP contribution in [0.15, 0.2) is 17.3 Å². The van der Waals surface area contributed by atoms with Crippen LogP contribution in [0.3, 0.4) is 0 Å². The molecule has 1 aromatic rings. The number of nitrogens with one attached hydrogen (secondary N) is 1. The van der Waals surface area contributed by atoms with Gasteiger partial charge in [-0.3, -0.25) is 9.89 Å². The number of hydrogen-bond acceptors (Lipinski definition) is 4. The van der Waals surface area contributed by atoms with Gasteiger partial charge in [-0.1, -0.05) is 6.92 Å². The molecule has 0 atom stereocenters. The van der Waals surface area contributed by atoms with Gasteiger partial charge in [-0.15, -0.1) is 0 Å². The zero-order chi connectivity index (χ0) is 11.5. The fourth-order valence-electron chi connectivity index (χ4n) is 1.07. The van der Waals surface area contributed by atoms with Crippen LogP contribution < -0.4 is 5.73 Å². The summed E-state index contributed by atoms with van der Waals surface area (Å²) < 4.78 is 24.6. The van der Waals surface area contributed by atoms with E-state index in [1.165, 1.54) is 12.3 Å². The van der Waals surface area contributed by atoms with Crippen LogP contribution in [0, 0.1) is 0 Å². The van der Waals surface area contributed by atoms with Gasteiger partial charge in [0.25, 0.3) is 10.0 Å². The Morgan fingerprint density at radius 3 is 2.73 bits per heavy atom. The maximum Gasteiger partial charge on any atom is 0.260 e. The first-order chi connectivity index (χ1) is 6.98. The maximum absolute atomic E-state index is 11.8. The maximum atomic E-state index is 11.8. The standard InChI is InChI=1S/C7H12N4O3S/c1-2-11(5-6(8)12)15(13,14)7-3-4-9-10-7/h3-4H,2,5H2,1H3,(H2,8,12)(H,9,10). The Labute approximate surface area is 87.3 Å². The average Bonchev–Trinajstić information content (AvgIpc) is 2.66. The van der Waals surface area contributed by atoms with Crippen LogP contribution in [-0.2, 0) is 14.8 Å². The number of H-pyrrole nitrogens is 1. The second kappa shape index (κ2) is 4.41. The van der Waals surface area contributed by atoms with Crippen LogP contribution in [0.1, 0.15) is 6.92 Å². The number of nitrogens with zero attached hydrogens (tertiary/aromatic N) is 2. The molecule has 84 valence electrons. The van der Waals surface area contributed by atoms with E-state index in [9.17, 15) is 13.2 Å². The normalized spacial score (nSPS) is 11.9. The van der Waals surface area contributed by atoms with Crippen molar-refractivity contribution in [3.05, 3.63) is 12.3 Å². The lowest BCUT2D eigenvalue weighted by atomic mass is 10.6. The van der Waals surface area contributed by atoms with Gasteiger partial charge in [0.2, 0.25) is 5.91 Å². The first-order valence-corrected chi connectivity index (χ1v) is 5.70. The van der Waals surface area contributed by atoms with E-state index < -0.39 is 15.9 Å². The van der Waals surface area contributed by atoms with Crippen molar-refractivity contribution in [2.75, 3.05) is 13.1 Å². The van der Waals surface area contributed by atoms with Crippen molar-refractivity contribution in [1.29, 1.82) is 0 Å². The fourth-order valence-corrected chi connectivity index (χ4v) is 2.38. The highest BCUT2D eigenvalue weighted by molar-refractivity contribution is 7.89. The number of carbonyl (C=O) groups is 1. The molecule has 1 aromatic heterocycles. The van der Waals surface area contributed by atoms with Gasteiger partial charge in [0.15, 0.2) is 5.03 Å². The molecule has 0 aliphatic heterocycles. The molecular weight excluding hydrogens is 220 g/mol. The number of primary amides is 1. The second-order valence-electron chi connectivity index (χ2n) is 2.82. The van der Waals surface area contributed by atoms with Crippen LogP contribution in [0.2, 0.25) is 0 Å². The van der Waals surface area contributed by atoms with Gasteiger partial charge < -0.3 is 5.73 Å². The zero-order valence-electron chi connectivity index (χ0n) is 8.17. The SMILES string of the molecule is CCN(CC(N)=O)S(=O)(=O)c1ccn[nH]1.